The second kappa shape index (κ2) is 6.89. The number of hydrogen-bond acceptors (Lipinski definition) is 4. The molecule has 0 saturated carbocycles. The summed E-state index contributed by atoms with van der Waals surface area (Å²) in [4.78, 5) is 25.7. The van der Waals surface area contributed by atoms with E-state index < -0.39 is 0 Å². The summed E-state index contributed by atoms with van der Waals surface area (Å²) in [6, 6.07) is 0. The lowest BCUT2D eigenvalue weighted by atomic mass is 9.97. The van der Waals surface area contributed by atoms with E-state index in [4.69, 9.17) is 9.47 Å². The molecule has 0 aromatic rings. The molecule has 2 rings (SSSR count). The van der Waals surface area contributed by atoms with Crippen molar-refractivity contribution in [2.24, 2.45) is 5.92 Å². The van der Waals surface area contributed by atoms with Crippen LogP contribution in [0.3, 0.4) is 0 Å². The molecular weight excluding hydrogens is 246 g/mol. The second-order valence-corrected chi connectivity index (χ2v) is 5.27. The van der Waals surface area contributed by atoms with Crippen molar-refractivity contribution >= 4 is 11.9 Å². The standard InChI is InChI=1S/C14H23NO4/c1-2-18-14(17)11-5-3-7-15(10-11)13(16)9-12-6-4-8-19-12/h11-12H,2-10H2,1H3/t11-,12?/m0/s1. The van der Waals surface area contributed by atoms with Crippen LogP contribution in [0.2, 0.25) is 0 Å². The van der Waals surface area contributed by atoms with Crippen molar-refractivity contribution in [1.82, 2.24) is 4.90 Å². The quantitative estimate of drug-likeness (QED) is 0.723. The number of ether oxygens (including phenoxy) is 2. The molecule has 0 aromatic carbocycles. The molecule has 19 heavy (non-hydrogen) atoms. The van der Waals surface area contributed by atoms with E-state index in [9.17, 15) is 9.59 Å². The van der Waals surface area contributed by atoms with Crippen LogP contribution in [0.4, 0.5) is 0 Å². The van der Waals surface area contributed by atoms with Gasteiger partial charge in [-0.1, -0.05) is 0 Å². The number of piperidine rings is 1. The number of likely N-dealkylation sites (tertiary alicyclic amines) is 1. The van der Waals surface area contributed by atoms with E-state index in [1.807, 2.05) is 0 Å². The third kappa shape index (κ3) is 3.93. The van der Waals surface area contributed by atoms with Gasteiger partial charge in [0, 0.05) is 19.7 Å². The average Bonchev–Trinajstić information content (AvgIpc) is 2.92. The zero-order chi connectivity index (χ0) is 13.7. The van der Waals surface area contributed by atoms with Gasteiger partial charge < -0.3 is 14.4 Å². The monoisotopic (exact) mass is 269 g/mol. The van der Waals surface area contributed by atoms with Crippen LogP contribution in [0.5, 0.6) is 0 Å². The molecule has 2 heterocycles. The SMILES string of the molecule is CCOC(=O)[C@H]1CCCN(C(=O)CC2CCCO2)C1. The molecule has 1 amide bonds. The number of rotatable bonds is 4. The van der Waals surface area contributed by atoms with Gasteiger partial charge in [-0.15, -0.1) is 0 Å². The smallest absolute Gasteiger partial charge is 0.310 e. The van der Waals surface area contributed by atoms with Crippen LogP contribution in [-0.2, 0) is 19.1 Å². The van der Waals surface area contributed by atoms with E-state index in [2.05, 4.69) is 0 Å². The van der Waals surface area contributed by atoms with Crippen LogP contribution >= 0.6 is 0 Å². The Bertz CT molecular complexity index is 325. The fraction of sp³-hybridized carbons (Fsp3) is 0.857. The molecule has 5 nitrogen and oxygen atoms in total. The average molecular weight is 269 g/mol. The minimum atomic E-state index is -0.169. The van der Waals surface area contributed by atoms with Crippen LogP contribution in [0, 0.1) is 5.92 Å². The molecule has 0 radical (unpaired) electrons. The van der Waals surface area contributed by atoms with Crippen LogP contribution < -0.4 is 0 Å². The first-order valence-corrected chi connectivity index (χ1v) is 7.26. The molecule has 2 atom stereocenters. The summed E-state index contributed by atoms with van der Waals surface area (Å²) in [5.41, 5.74) is 0. The van der Waals surface area contributed by atoms with Crippen molar-refractivity contribution in [3.63, 3.8) is 0 Å². The Morgan fingerprint density at radius 1 is 1.32 bits per heavy atom. The first-order chi connectivity index (χ1) is 9.20. The van der Waals surface area contributed by atoms with Gasteiger partial charge in [-0.2, -0.15) is 0 Å². The molecule has 1 unspecified atom stereocenters. The van der Waals surface area contributed by atoms with E-state index in [-0.39, 0.29) is 23.9 Å². The number of carbonyl (C=O) groups is 2. The number of carbonyl (C=O) groups excluding carboxylic acids is 2. The lowest BCUT2D eigenvalue weighted by Gasteiger charge is -2.32. The van der Waals surface area contributed by atoms with Gasteiger partial charge in [0.05, 0.1) is 25.0 Å². The normalized spacial score (nSPS) is 27.3. The Labute approximate surface area is 114 Å². The Kier molecular flexibility index (Phi) is 5.19. The Balaban J connectivity index is 1.82. The number of nitrogens with zero attached hydrogens (tertiary/aromatic N) is 1. The summed E-state index contributed by atoms with van der Waals surface area (Å²) < 4.78 is 10.5. The Hall–Kier alpha value is -1.10. The van der Waals surface area contributed by atoms with Gasteiger partial charge in [-0.25, -0.2) is 0 Å². The third-order valence-corrected chi connectivity index (χ3v) is 3.82. The highest BCUT2D eigenvalue weighted by atomic mass is 16.5. The van der Waals surface area contributed by atoms with E-state index in [0.29, 0.717) is 19.6 Å². The van der Waals surface area contributed by atoms with Gasteiger partial charge in [0.15, 0.2) is 0 Å². The second-order valence-electron chi connectivity index (χ2n) is 5.27. The summed E-state index contributed by atoms with van der Waals surface area (Å²) in [6.45, 7) is 4.23. The van der Waals surface area contributed by atoms with Crippen molar-refractivity contribution in [3.05, 3.63) is 0 Å². The minimum absolute atomic E-state index is 0.0791. The summed E-state index contributed by atoms with van der Waals surface area (Å²) >= 11 is 0. The first-order valence-electron chi connectivity index (χ1n) is 7.26. The molecule has 108 valence electrons. The zero-order valence-electron chi connectivity index (χ0n) is 11.6. The van der Waals surface area contributed by atoms with Crippen molar-refractivity contribution < 1.29 is 19.1 Å². The summed E-state index contributed by atoms with van der Waals surface area (Å²) in [7, 11) is 0. The molecule has 2 aliphatic rings. The maximum Gasteiger partial charge on any atom is 0.310 e. The van der Waals surface area contributed by atoms with E-state index in [0.717, 1.165) is 38.8 Å². The predicted octanol–water partition coefficient (Wildman–Crippen LogP) is 1.36. The molecule has 2 aliphatic heterocycles. The van der Waals surface area contributed by atoms with Gasteiger partial charge in [-0.05, 0) is 32.6 Å². The van der Waals surface area contributed by atoms with Crippen molar-refractivity contribution in [2.45, 2.75) is 45.1 Å². The van der Waals surface area contributed by atoms with E-state index >= 15 is 0 Å². The summed E-state index contributed by atoms with van der Waals surface area (Å²) in [5.74, 6) is -0.208. The lowest BCUT2D eigenvalue weighted by molar-refractivity contribution is -0.151. The van der Waals surface area contributed by atoms with Crippen molar-refractivity contribution in [2.75, 3.05) is 26.3 Å². The van der Waals surface area contributed by atoms with Crippen molar-refractivity contribution in [3.8, 4) is 0 Å². The largest absolute Gasteiger partial charge is 0.466 e. The fourth-order valence-electron chi connectivity index (χ4n) is 2.79. The Morgan fingerprint density at radius 3 is 2.84 bits per heavy atom. The maximum atomic E-state index is 12.2. The first kappa shape index (κ1) is 14.3. The maximum absolute atomic E-state index is 12.2. The van der Waals surface area contributed by atoms with E-state index in [1.165, 1.54) is 0 Å². The van der Waals surface area contributed by atoms with Crippen LogP contribution in [0.25, 0.3) is 0 Å². The minimum Gasteiger partial charge on any atom is -0.466 e. The third-order valence-electron chi connectivity index (χ3n) is 3.82. The molecular formula is C14H23NO4. The molecule has 2 fully saturated rings. The summed E-state index contributed by atoms with van der Waals surface area (Å²) in [5, 5.41) is 0. The molecule has 5 heteroatoms. The Morgan fingerprint density at radius 2 is 2.16 bits per heavy atom. The molecule has 2 saturated heterocycles. The van der Waals surface area contributed by atoms with Crippen LogP contribution in [0.1, 0.15) is 39.0 Å². The molecule has 0 spiro atoms. The highest BCUT2D eigenvalue weighted by molar-refractivity contribution is 5.79. The number of hydrogen-bond donors (Lipinski definition) is 0. The molecule has 0 bridgehead atoms. The van der Waals surface area contributed by atoms with Crippen LogP contribution in [0.15, 0.2) is 0 Å². The number of amides is 1. The van der Waals surface area contributed by atoms with Gasteiger partial charge in [0.2, 0.25) is 5.91 Å². The molecule has 0 N–H and O–H groups in total. The van der Waals surface area contributed by atoms with E-state index in [1.54, 1.807) is 11.8 Å². The van der Waals surface area contributed by atoms with Gasteiger partial charge in [0.25, 0.3) is 0 Å². The van der Waals surface area contributed by atoms with Gasteiger partial charge in [-0.3, -0.25) is 9.59 Å². The summed E-state index contributed by atoms with van der Waals surface area (Å²) in [6.07, 6.45) is 4.25. The fourth-order valence-corrected chi connectivity index (χ4v) is 2.79. The van der Waals surface area contributed by atoms with Gasteiger partial charge >= 0.3 is 5.97 Å². The van der Waals surface area contributed by atoms with Crippen molar-refractivity contribution in [1.29, 1.82) is 0 Å². The van der Waals surface area contributed by atoms with Crippen LogP contribution in [-0.4, -0.2) is 49.2 Å². The lowest BCUT2D eigenvalue weighted by Crippen LogP contribution is -2.43. The van der Waals surface area contributed by atoms with Gasteiger partial charge in [0.1, 0.15) is 0 Å². The number of esters is 1. The topological polar surface area (TPSA) is 55.8 Å². The highest BCUT2D eigenvalue weighted by Crippen LogP contribution is 2.21. The highest BCUT2D eigenvalue weighted by Gasteiger charge is 2.30. The predicted molar refractivity (Wildman–Crippen MR) is 69.5 cm³/mol. The molecule has 0 aromatic heterocycles. The zero-order valence-corrected chi connectivity index (χ0v) is 11.6. The molecule has 0 aliphatic carbocycles.